The molecule has 27 heavy (non-hydrogen) atoms. The van der Waals surface area contributed by atoms with Crippen LogP contribution in [0.3, 0.4) is 0 Å². The Morgan fingerprint density at radius 3 is 2.67 bits per heavy atom. The maximum Gasteiger partial charge on any atom is 0.254 e. The Morgan fingerprint density at radius 1 is 1.19 bits per heavy atom. The Hall–Kier alpha value is -2.34. The number of ether oxygens (including phenoxy) is 1. The van der Waals surface area contributed by atoms with E-state index >= 15 is 0 Å². The van der Waals surface area contributed by atoms with E-state index in [1.54, 1.807) is 6.20 Å². The summed E-state index contributed by atoms with van der Waals surface area (Å²) in [5.41, 5.74) is 0.701. The highest BCUT2D eigenvalue weighted by molar-refractivity contribution is 5.94. The van der Waals surface area contributed by atoms with Crippen molar-refractivity contribution in [3.05, 3.63) is 48.0 Å². The average molecular weight is 368 g/mol. The second-order valence-electron chi connectivity index (χ2n) is 7.52. The van der Waals surface area contributed by atoms with Gasteiger partial charge in [-0.3, -0.25) is 4.79 Å². The molecule has 1 amide bonds. The molecule has 1 aromatic heterocycles. The standard InChI is InChI=1S/C21H28N4O2/c1-24-13-12-23-20(24)19-15-22-11-14-25(19)21(26)16-7-9-18(10-8-16)27-17-5-3-2-4-6-17/h7-10,12-13,17,19,22H,2-6,11,14-15H2,1H3. The van der Waals surface area contributed by atoms with E-state index in [2.05, 4.69) is 10.3 Å². The second-order valence-corrected chi connectivity index (χ2v) is 7.52. The van der Waals surface area contributed by atoms with E-state index in [9.17, 15) is 4.79 Å². The summed E-state index contributed by atoms with van der Waals surface area (Å²) in [5, 5.41) is 3.37. The molecule has 1 N–H and O–H groups in total. The summed E-state index contributed by atoms with van der Waals surface area (Å²) < 4.78 is 8.07. The predicted octanol–water partition coefficient (Wildman–Crippen LogP) is 2.92. The van der Waals surface area contributed by atoms with Gasteiger partial charge < -0.3 is 19.5 Å². The lowest BCUT2D eigenvalue weighted by molar-refractivity contribution is 0.0621. The van der Waals surface area contributed by atoms with Gasteiger partial charge in [0.25, 0.3) is 5.91 Å². The number of aromatic nitrogens is 2. The molecule has 2 aliphatic rings. The van der Waals surface area contributed by atoms with Gasteiger partial charge in [0.05, 0.1) is 6.10 Å². The molecule has 0 bridgehead atoms. The number of hydrogen-bond donors (Lipinski definition) is 1. The van der Waals surface area contributed by atoms with Crippen molar-refractivity contribution in [2.45, 2.75) is 44.2 Å². The quantitative estimate of drug-likeness (QED) is 0.901. The molecule has 1 aliphatic heterocycles. The van der Waals surface area contributed by atoms with Gasteiger partial charge in [-0.1, -0.05) is 6.42 Å². The Labute approximate surface area is 160 Å². The lowest BCUT2D eigenvalue weighted by atomic mass is 9.98. The van der Waals surface area contributed by atoms with E-state index in [0.717, 1.165) is 37.5 Å². The highest BCUT2D eigenvalue weighted by Gasteiger charge is 2.31. The first-order valence-electron chi connectivity index (χ1n) is 9.98. The van der Waals surface area contributed by atoms with Crippen molar-refractivity contribution in [3.8, 4) is 5.75 Å². The monoisotopic (exact) mass is 368 g/mol. The van der Waals surface area contributed by atoms with Gasteiger partial charge in [0.1, 0.15) is 17.6 Å². The zero-order valence-corrected chi connectivity index (χ0v) is 15.9. The molecular weight excluding hydrogens is 340 g/mol. The number of benzene rings is 1. The summed E-state index contributed by atoms with van der Waals surface area (Å²) in [4.78, 5) is 19.5. The van der Waals surface area contributed by atoms with E-state index in [1.165, 1.54) is 19.3 Å². The van der Waals surface area contributed by atoms with Gasteiger partial charge in [0.15, 0.2) is 0 Å². The Bertz CT molecular complexity index is 765. The van der Waals surface area contributed by atoms with Crippen LogP contribution in [0.15, 0.2) is 36.7 Å². The lowest BCUT2D eigenvalue weighted by Gasteiger charge is -2.35. The molecule has 1 aliphatic carbocycles. The van der Waals surface area contributed by atoms with Crippen molar-refractivity contribution in [2.75, 3.05) is 19.6 Å². The normalized spacial score (nSPS) is 21.2. The molecular formula is C21H28N4O2. The topological polar surface area (TPSA) is 59.4 Å². The van der Waals surface area contributed by atoms with Gasteiger partial charge in [-0.15, -0.1) is 0 Å². The third-order valence-corrected chi connectivity index (χ3v) is 5.62. The van der Waals surface area contributed by atoms with Crippen LogP contribution in [-0.4, -0.2) is 46.1 Å². The zero-order valence-electron chi connectivity index (χ0n) is 15.9. The van der Waals surface area contributed by atoms with Crippen LogP contribution in [0.2, 0.25) is 0 Å². The van der Waals surface area contributed by atoms with Crippen molar-refractivity contribution in [1.82, 2.24) is 19.8 Å². The molecule has 2 aromatic rings. The highest BCUT2D eigenvalue weighted by Crippen LogP contribution is 2.26. The maximum atomic E-state index is 13.1. The van der Waals surface area contributed by atoms with Gasteiger partial charge in [-0.2, -0.15) is 0 Å². The lowest BCUT2D eigenvalue weighted by Crippen LogP contribution is -2.49. The Morgan fingerprint density at radius 2 is 1.96 bits per heavy atom. The summed E-state index contributed by atoms with van der Waals surface area (Å²) in [6, 6.07) is 7.58. The van der Waals surface area contributed by atoms with Crippen LogP contribution in [0.4, 0.5) is 0 Å². The number of aryl methyl sites for hydroxylation is 1. The van der Waals surface area contributed by atoms with Crippen LogP contribution in [0.1, 0.15) is 54.3 Å². The van der Waals surface area contributed by atoms with Crippen LogP contribution >= 0.6 is 0 Å². The number of nitrogens with zero attached hydrogens (tertiary/aromatic N) is 3. The number of nitrogens with one attached hydrogen (secondary N) is 1. The summed E-state index contributed by atoms with van der Waals surface area (Å²) in [7, 11) is 1.97. The predicted molar refractivity (Wildman–Crippen MR) is 104 cm³/mol. The Balaban J connectivity index is 1.46. The minimum atomic E-state index is -0.0515. The van der Waals surface area contributed by atoms with E-state index < -0.39 is 0 Å². The van der Waals surface area contributed by atoms with E-state index in [-0.39, 0.29) is 11.9 Å². The molecule has 1 aromatic carbocycles. The van der Waals surface area contributed by atoms with Crippen LogP contribution in [0, 0.1) is 0 Å². The summed E-state index contributed by atoms with van der Waals surface area (Å²) in [6.07, 6.45) is 10.1. The molecule has 2 fully saturated rings. The summed E-state index contributed by atoms with van der Waals surface area (Å²) >= 11 is 0. The van der Waals surface area contributed by atoms with Crippen LogP contribution in [0.25, 0.3) is 0 Å². The third-order valence-electron chi connectivity index (χ3n) is 5.62. The number of piperazine rings is 1. The smallest absolute Gasteiger partial charge is 0.254 e. The highest BCUT2D eigenvalue weighted by atomic mass is 16.5. The molecule has 1 atom stereocenters. The van der Waals surface area contributed by atoms with E-state index in [4.69, 9.17) is 4.74 Å². The summed E-state index contributed by atoms with van der Waals surface area (Å²) in [6.45, 7) is 2.20. The van der Waals surface area contributed by atoms with E-state index in [1.807, 2.05) is 47.0 Å². The molecule has 6 heteroatoms. The van der Waals surface area contributed by atoms with Crippen molar-refractivity contribution in [2.24, 2.45) is 7.05 Å². The van der Waals surface area contributed by atoms with Crippen LogP contribution in [0.5, 0.6) is 5.75 Å². The van der Waals surface area contributed by atoms with Crippen LogP contribution < -0.4 is 10.1 Å². The van der Waals surface area contributed by atoms with Crippen molar-refractivity contribution >= 4 is 5.91 Å². The van der Waals surface area contributed by atoms with Crippen molar-refractivity contribution in [1.29, 1.82) is 0 Å². The number of carbonyl (C=O) groups excluding carboxylic acids is 1. The SMILES string of the molecule is Cn1ccnc1C1CNCCN1C(=O)c1ccc(OC2CCCCC2)cc1. The van der Waals surface area contributed by atoms with Gasteiger partial charge in [-0.05, 0) is 49.9 Å². The largest absolute Gasteiger partial charge is 0.490 e. The first kappa shape index (κ1) is 18.0. The zero-order chi connectivity index (χ0) is 18.6. The number of imidazole rings is 1. The molecule has 1 saturated carbocycles. The molecule has 144 valence electrons. The fourth-order valence-corrected chi connectivity index (χ4v) is 4.09. The average Bonchev–Trinajstić information content (AvgIpc) is 3.14. The second kappa shape index (κ2) is 8.13. The molecule has 4 rings (SSSR count). The molecule has 0 spiro atoms. The van der Waals surface area contributed by atoms with Gasteiger partial charge in [-0.25, -0.2) is 4.98 Å². The number of rotatable bonds is 4. The number of hydrogen-bond acceptors (Lipinski definition) is 4. The number of carbonyl (C=O) groups is 1. The van der Waals surface area contributed by atoms with Gasteiger partial charge in [0.2, 0.25) is 0 Å². The van der Waals surface area contributed by atoms with Gasteiger partial charge in [0, 0.05) is 44.6 Å². The summed E-state index contributed by atoms with van der Waals surface area (Å²) in [5.74, 6) is 1.82. The molecule has 0 radical (unpaired) electrons. The first-order chi connectivity index (χ1) is 13.2. The molecule has 2 heterocycles. The van der Waals surface area contributed by atoms with E-state index in [0.29, 0.717) is 18.2 Å². The maximum absolute atomic E-state index is 13.1. The minimum absolute atomic E-state index is 0.0497. The fraction of sp³-hybridized carbons (Fsp3) is 0.524. The van der Waals surface area contributed by atoms with Gasteiger partial charge >= 0.3 is 0 Å². The Kier molecular flexibility index (Phi) is 5.43. The van der Waals surface area contributed by atoms with Crippen molar-refractivity contribution < 1.29 is 9.53 Å². The fourth-order valence-electron chi connectivity index (χ4n) is 4.09. The molecule has 1 unspecified atom stereocenters. The minimum Gasteiger partial charge on any atom is -0.490 e. The van der Waals surface area contributed by atoms with Crippen LogP contribution in [-0.2, 0) is 7.05 Å². The third kappa shape index (κ3) is 4.00. The first-order valence-corrected chi connectivity index (χ1v) is 9.98. The number of amides is 1. The molecule has 1 saturated heterocycles. The van der Waals surface area contributed by atoms with Crippen molar-refractivity contribution in [3.63, 3.8) is 0 Å². The molecule has 6 nitrogen and oxygen atoms in total.